The summed E-state index contributed by atoms with van der Waals surface area (Å²) in [7, 11) is 1.58. The molecule has 0 aliphatic heterocycles. The summed E-state index contributed by atoms with van der Waals surface area (Å²) in [4.78, 5) is 4.28. The summed E-state index contributed by atoms with van der Waals surface area (Å²) in [5, 5.41) is 2.96. The first-order chi connectivity index (χ1) is 11.5. The van der Waals surface area contributed by atoms with Crippen molar-refractivity contribution in [3.8, 4) is 5.75 Å². The Hall–Kier alpha value is -1.90. The quantitative estimate of drug-likeness (QED) is 0.403. The number of halogens is 3. The van der Waals surface area contributed by atoms with Crippen molar-refractivity contribution in [2.75, 3.05) is 19.0 Å². The summed E-state index contributed by atoms with van der Waals surface area (Å²) in [6, 6.07) is 11.2. The van der Waals surface area contributed by atoms with Crippen molar-refractivity contribution in [3.63, 3.8) is 0 Å². The van der Waals surface area contributed by atoms with Gasteiger partial charge < -0.3 is 15.8 Å². The maximum absolute atomic E-state index is 14.0. The van der Waals surface area contributed by atoms with Gasteiger partial charge in [-0.1, -0.05) is 12.1 Å². The average molecular weight is 459 g/mol. The topological polar surface area (TPSA) is 59.6 Å². The maximum atomic E-state index is 14.0. The number of guanidine groups is 1. The fourth-order valence-corrected chi connectivity index (χ4v) is 2.77. The van der Waals surface area contributed by atoms with Crippen LogP contribution >= 0.6 is 24.0 Å². The van der Waals surface area contributed by atoms with Gasteiger partial charge in [0.2, 0.25) is 0 Å². The van der Waals surface area contributed by atoms with Crippen molar-refractivity contribution in [2.45, 2.75) is 18.3 Å². The molecule has 134 valence electrons. The van der Waals surface area contributed by atoms with Gasteiger partial charge in [0.05, 0.1) is 13.7 Å². The van der Waals surface area contributed by atoms with Gasteiger partial charge in [0, 0.05) is 22.7 Å². The fourth-order valence-electron chi connectivity index (χ4n) is 2.77. The van der Waals surface area contributed by atoms with Crippen LogP contribution in [0, 0.1) is 11.6 Å². The van der Waals surface area contributed by atoms with Gasteiger partial charge in [-0.05, 0) is 37.1 Å². The monoisotopic (exact) mass is 459 g/mol. The molecule has 25 heavy (non-hydrogen) atoms. The number of rotatable bonds is 5. The molecule has 4 nitrogen and oxygen atoms in total. The van der Waals surface area contributed by atoms with E-state index in [0.29, 0.717) is 18.6 Å². The molecule has 1 fully saturated rings. The maximum Gasteiger partial charge on any atom is 0.193 e. The lowest BCUT2D eigenvalue weighted by Crippen LogP contribution is -2.25. The lowest BCUT2D eigenvalue weighted by atomic mass is 9.95. The zero-order chi connectivity index (χ0) is 17.2. The lowest BCUT2D eigenvalue weighted by molar-refractivity contribution is 0.415. The Morgan fingerprint density at radius 1 is 1.20 bits per heavy atom. The Morgan fingerprint density at radius 3 is 2.44 bits per heavy atom. The van der Waals surface area contributed by atoms with Crippen LogP contribution < -0.4 is 15.8 Å². The van der Waals surface area contributed by atoms with Crippen LogP contribution in [0.2, 0.25) is 0 Å². The molecule has 1 aliphatic carbocycles. The number of hydrogen-bond donors (Lipinski definition) is 2. The molecule has 1 aliphatic rings. The summed E-state index contributed by atoms with van der Waals surface area (Å²) in [6.07, 6.45) is 1.39. The minimum Gasteiger partial charge on any atom is -0.497 e. The van der Waals surface area contributed by atoms with E-state index in [0.717, 1.165) is 5.69 Å². The highest BCUT2D eigenvalue weighted by Crippen LogP contribution is 2.50. The van der Waals surface area contributed by atoms with Gasteiger partial charge in [0.25, 0.3) is 0 Å². The zero-order valence-corrected chi connectivity index (χ0v) is 16.1. The van der Waals surface area contributed by atoms with E-state index in [4.69, 9.17) is 10.5 Å². The summed E-state index contributed by atoms with van der Waals surface area (Å²) in [5.74, 6) is -0.157. The van der Waals surface area contributed by atoms with Gasteiger partial charge in [-0.3, -0.25) is 4.99 Å². The molecule has 0 saturated heterocycles. The van der Waals surface area contributed by atoms with Crippen LogP contribution in [0.1, 0.15) is 18.4 Å². The van der Waals surface area contributed by atoms with Gasteiger partial charge in [0.1, 0.15) is 17.4 Å². The molecule has 0 atom stereocenters. The third-order valence-electron chi connectivity index (χ3n) is 4.24. The highest BCUT2D eigenvalue weighted by Gasteiger charge is 2.47. The lowest BCUT2D eigenvalue weighted by Gasteiger charge is -2.15. The number of aliphatic imine (C=N–C) groups is 1. The van der Waals surface area contributed by atoms with Crippen LogP contribution in [-0.4, -0.2) is 19.6 Å². The van der Waals surface area contributed by atoms with E-state index in [1.165, 1.54) is 18.2 Å². The van der Waals surface area contributed by atoms with E-state index >= 15 is 0 Å². The van der Waals surface area contributed by atoms with E-state index in [-0.39, 0.29) is 42.0 Å². The smallest absolute Gasteiger partial charge is 0.193 e. The van der Waals surface area contributed by atoms with Crippen molar-refractivity contribution in [1.29, 1.82) is 0 Å². The minimum atomic E-state index is -0.587. The Kier molecular flexibility index (Phi) is 6.21. The van der Waals surface area contributed by atoms with E-state index in [1.807, 2.05) is 18.2 Å². The van der Waals surface area contributed by atoms with Crippen molar-refractivity contribution < 1.29 is 13.5 Å². The number of nitrogens with zero attached hydrogens (tertiary/aromatic N) is 1. The standard InChI is InChI=1S/C18H19F2N3O.HI/c1-24-13-5-2-4-12(10-13)23-17(21)22-11-18(8-9-18)16-14(19)6-3-7-15(16)20;/h2-7,10H,8-9,11H2,1H3,(H3,21,22,23);1H. The second kappa shape index (κ2) is 7.99. The molecule has 2 aromatic carbocycles. The molecule has 2 aromatic rings. The Labute approximate surface area is 162 Å². The number of nitrogens with one attached hydrogen (secondary N) is 1. The predicted octanol–water partition coefficient (Wildman–Crippen LogP) is 4.05. The molecule has 0 amide bonds. The second-order valence-corrected chi connectivity index (χ2v) is 5.94. The predicted molar refractivity (Wildman–Crippen MR) is 106 cm³/mol. The van der Waals surface area contributed by atoms with Gasteiger partial charge in [0.15, 0.2) is 5.96 Å². The first kappa shape index (κ1) is 19.4. The SMILES string of the molecule is COc1cccc(NC(N)=NCC2(c3c(F)cccc3F)CC2)c1.I. The van der Waals surface area contributed by atoms with Crippen LogP contribution in [0.3, 0.4) is 0 Å². The highest BCUT2D eigenvalue weighted by atomic mass is 127. The number of anilines is 1. The molecule has 0 radical (unpaired) electrons. The summed E-state index contributed by atoms with van der Waals surface area (Å²) in [6.45, 7) is 0.244. The van der Waals surface area contributed by atoms with Gasteiger partial charge in [-0.25, -0.2) is 8.78 Å². The highest BCUT2D eigenvalue weighted by molar-refractivity contribution is 14.0. The van der Waals surface area contributed by atoms with Crippen molar-refractivity contribution in [1.82, 2.24) is 0 Å². The summed E-state index contributed by atoms with van der Waals surface area (Å²) < 4.78 is 33.1. The first-order valence-corrected chi connectivity index (χ1v) is 7.69. The Morgan fingerprint density at radius 2 is 1.84 bits per heavy atom. The van der Waals surface area contributed by atoms with Crippen molar-refractivity contribution in [3.05, 3.63) is 59.7 Å². The summed E-state index contributed by atoms with van der Waals surface area (Å²) >= 11 is 0. The number of nitrogens with two attached hydrogens (primary N) is 1. The van der Waals surface area contributed by atoms with Gasteiger partial charge in [-0.15, -0.1) is 24.0 Å². The number of benzene rings is 2. The molecule has 0 heterocycles. The zero-order valence-electron chi connectivity index (χ0n) is 13.8. The summed E-state index contributed by atoms with van der Waals surface area (Å²) in [5.41, 5.74) is 6.16. The van der Waals surface area contributed by atoms with E-state index < -0.39 is 17.0 Å². The fraction of sp³-hybridized carbons (Fsp3) is 0.278. The molecule has 3 rings (SSSR count). The molecule has 0 bridgehead atoms. The molecule has 0 spiro atoms. The molecule has 3 N–H and O–H groups in total. The molecular weight excluding hydrogens is 439 g/mol. The number of ether oxygens (including phenoxy) is 1. The molecule has 0 unspecified atom stereocenters. The normalized spacial score (nSPS) is 15.2. The van der Waals surface area contributed by atoms with Gasteiger partial charge in [-0.2, -0.15) is 0 Å². The molecule has 7 heteroatoms. The van der Waals surface area contributed by atoms with E-state index in [1.54, 1.807) is 13.2 Å². The van der Waals surface area contributed by atoms with E-state index in [2.05, 4.69) is 10.3 Å². The Balaban J connectivity index is 0.00000225. The van der Waals surface area contributed by atoms with Crippen LogP contribution in [0.4, 0.5) is 14.5 Å². The van der Waals surface area contributed by atoms with Gasteiger partial charge >= 0.3 is 0 Å². The van der Waals surface area contributed by atoms with Crippen molar-refractivity contribution >= 4 is 35.6 Å². The molecular formula is C18H20F2IN3O. The third-order valence-corrected chi connectivity index (χ3v) is 4.24. The number of methoxy groups -OCH3 is 1. The van der Waals surface area contributed by atoms with Crippen LogP contribution in [0.25, 0.3) is 0 Å². The second-order valence-electron chi connectivity index (χ2n) is 5.94. The van der Waals surface area contributed by atoms with E-state index in [9.17, 15) is 8.78 Å². The first-order valence-electron chi connectivity index (χ1n) is 7.69. The Bertz CT molecular complexity index is 758. The molecule has 1 saturated carbocycles. The third kappa shape index (κ3) is 4.39. The number of hydrogen-bond acceptors (Lipinski definition) is 2. The van der Waals surface area contributed by atoms with Crippen LogP contribution in [0.15, 0.2) is 47.5 Å². The van der Waals surface area contributed by atoms with Crippen molar-refractivity contribution in [2.24, 2.45) is 10.7 Å². The van der Waals surface area contributed by atoms with Crippen LogP contribution in [0.5, 0.6) is 5.75 Å². The van der Waals surface area contributed by atoms with Crippen LogP contribution in [-0.2, 0) is 5.41 Å². The minimum absolute atomic E-state index is 0. The average Bonchev–Trinajstić information content (AvgIpc) is 3.34. The largest absolute Gasteiger partial charge is 0.497 e. The molecule has 0 aromatic heterocycles.